The number of benzene rings is 3. The highest BCUT2D eigenvalue weighted by atomic mass is 16.5. The Morgan fingerprint density at radius 3 is 2.38 bits per heavy atom. The lowest BCUT2D eigenvalue weighted by Gasteiger charge is -2.42. The Kier molecular flexibility index (Phi) is 4.66. The van der Waals surface area contributed by atoms with Crippen molar-refractivity contribution in [3.8, 4) is 6.07 Å². The van der Waals surface area contributed by atoms with Crippen LogP contribution in [0.2, 0.25) is 0 Å². The van der Waals surface area contributed by atoms with E-state index >= 15 is 0 Å². The molecule has 1 fully saturated rings. The average Bonchev–Trinajstić information content (AvgIpc) is 3.40. The lowest BCUT2D eigenvalue weighted by molar-refractivity contribution is -0.127. The van der Waals surface area contributed by atoms with Gasteiger partial charge >= 0.3 is 0 Å². The predicted octanol–water partition coefficient (Wildman–Crippen LogP) is 2.99. The minimum Gasteiger partial charge on any atom is -0.458 e. The summed E-state index contributed by atoms with van der Waals surface area (Å²) in [6.45, 7) is 0.395. The van der Waals surface area contributed by atoms with E-state index in [0.717, 1.165) is 22.4 Å². The van der Waals surface area contributed by atoms with Gasteiger partial charge < -0.3 is 15.4 Å². The van der Waals surface area contributed by atoms with Crippen molar-refractivity contribution in [2.75, 3.05) is 4.90 Å². The van der Waals surface area contributed by atoms with Crippen molar-refractivity contribution in [1.82, 2.24) is 10.9 Å². The minimum atomic E-state index is -1.29. The van der Waals surface area contributed by atoms with E-state index in [1.54, 1.807) is 4.90 Å². The van der Waals surface area contributed by atoms with Crippen molar-refractivity contribution < 1.29 is 9.53 Å². The number of nitrogens with zero attached hydrogens (tertiary/aromatic N) is 2. The molecule has 7 nitrogen and oxygen atoms in total. The number of rotatable bonds is 3. The van der Waals surface area contributed by atoms with Gasteiger partial charge in [0.1, 0.15) is 17.1 Å². The Morgan fingerprint density at radius 1 is 0.971 bits per heavy atom. The molecule has 7 heteroatoms. The van der Waals surface area contributed by atoms with Crippen LogP contribution >= 0.6 is 0 Å². The number of hydrogen-bond acceptors (Lipinski definition) is 6. The molecule has 6 rings (SSSR count). The summed E-state index contributed by atoms with van der Waals surface area (Å²) in [6.07, 6.45) is -0.587. The summed E-state index contributed by atoms with van der Waals surface area (Å²) in [4.78, 5) is 16.3. The Hall–Kier alpha value is -4.12. The van der Waals surface area contributed by atoms with Crippen molar-refractivity contribution >= 4 is 11.6 Å². The van der Waals surface area contributed by atoms with Gasteiger partial charge in [0.25, 0.3) is 0 Å². The van der Waals surface area contributed by atoms with Crippen LogP contribution < -0.4 is 21.5 Å². The molecule has 3 aliphatic heterocycles. The second-order valence-electron chi connectivity index (χ2n) is 8.79. The van der Waals surface area contributed by atoms with Crippen molar-refractivity contribution in [3.05, 3.63) is 113 Å². The largest absolute Gasteiger partial charge is 0.458 e. The highest BCUT2D eigenvalue weighted by molar-refractivity contribution is 6.11. The molecule has 0 bridgehead atoms. The van der Waals surface area contributed by atoms with Crippen LogP contribution in [-0.2, 0) is 21.5 Å². The number of carbonyl (C=O) groups excluding carboxylic acids is 1. The molecule has 3 aromatic carbocycles. The Balaban J connectivity index is 1.58. The average molecular weight is 450 g/mol. The first kappa shape index (κ1) is 20.5. The number of carbonyl (C=O) groups is 1. The maximum atomic E-state index is 14.6. The first-order valence-corrected chi connectivity index (χ1v) is 11.2. The summed E-state index contributed by atoms with van der Waals surface area (Å²) in [6, 6.07) is 29.4. The van der Waals surface area contributed by atoms with Crippen molar-refractivity contribution in [2.24, 2.45) is 11.7 Å². The number of fused-ring (bicyclic) bond motifs is 4. The van der Waals surface area contributed by atoms with Crippen molar-refractivity contribution in [1.29, 1.82) is 5.26 Å². The molecule has 1 amide bonds. The summed E-state index contributed by atoms with van der Waals surface area (Å²) in [5.74, 6) is -0.621. The van der Waals surface area contributed by atoms with Gasteiger partial charge in [0.15, 0.2) is 6.23 Å². The predicted molar refractivity (Wildman–Crippen MR) is 126 cm³/mol. The molecule has 4 unspecified atom stereocenters. The second-order valence-corrected chi connectivity index (χ2v) is 8.79. The van der Waals surface area contributed by atoms with Gasteiger partial charge in [-0.25, -0.2) is 10.9 Å². The standard InChI is InChI=1S/C27H23N5O2/c28-15-20-24(29)34-25-22(23(30-31-25)18-11-5-2-6-12-18)27(20)19-13-7-8-14-21(19)32(26(27)33)16-17-9-3-1-4-10-17/h1-14,22-23,25,30-31H,16,29H2. The lowest BCUT2D eigenvalue weighted by atomic mass is 9.62. The Bertz CT molecular complexity index is 1330. The van der Waals surface area contributed by atoms with E-state index in [-0.39, 0.29) is 23.4 Å². The lowest BCUT2D eigenvalue weighted by Crippen LogP contribution is -2.56. The monoisotopic (exact) mass is 449 g/mol. The van der Waals surface area contributed by atoms with Gasteiger partial charge in [0.2, 0.25) is 11.8 Å². The van der Waals surface area contributed by atoms with Gasteiger partial charge in [0.05, 0.1) is 18.5 Å². The minimum absolute atomic E-state index is 0.0172. The van der Waals surface area contributed by atoms with Gasteiger partial charge in [-0.15, -0.1) is 0 Å². The summed E-state index contributed by atoms with van der Waals surface area (Å²) in [5.41, 5.74) is 15.2. The van der Waals surface area contributed by atoms with Gasteiger partial charge in [-0.3, -0.25) is 4.79 Å². The Labute approximate surface area is 197 Å². The maximum absolute atomic E-state index is 14.6. The van der Waals surface area contributed by atoms with E-state index in [2.05, 4.69) is 16.9 Å². The third-order valence-corrected chi connectivity index (χ3v) is 7.12. The molecule has 3 aliphatic rings. The number of nitrogens with one attached hydrogen (secondary N) is 2. The number of para-hydroxylation sites is 1. The van der Waals surface area contributed by atoms with Gasteiger partial charge in [0, 0.05) is 5.69 Å². The van der Waals surface area contributed by atoms with E-state index in [0.29, 0.717) is 6.54 Å². The van der Waals surface area contributed by atoms with Crippen LogP contribution in [0.3, 0.4) is 0 Å². The first-order chi connectivity index (χ1) is 16.7. The molecule has 168 valence electrons. The zero-order chi connectivity index (χ0) is 23.3. The van der Waals surface area contributed by atoms with E-state index in [1.807, 2.05) is 84.9 Å². The van der Waals surface area contributed by atoms with Crippen LogP contribution in [0, 0.1) is 17.2 Å². The molecule has 34 heavy (non-hydrogen) atoms. The quantitative estimate of drug-likeness (QED) is 0.568. The fraction of sp³-hybridized carbons (Fsp3) is 0.185. The van der Waals surface area contributed by atoms with E-state index < -0.39 is 17.6 Å². The number of amides is 1. The highest BCUT2D eigenvalue weighted by Gasteiger charge is 2.67. The molecule has 3 heterocycles. The number of nitriles is 1. The van der Waals surface area contributed by atoms with Crippen LogP contribution in [0.1, 0.15) is 22.7 Å². The fourth-order valence-corrected chi connectivity index (χ4v) is 5.72. The van der Waals surface area contributed by atoms with Crippen LogP contribution in [0.15, 0.2) is 96.4 Å². The molecule has 0 aliphatic carbocycles. The third-order valence-electron chi connectivity index (χ3n) is 7.12. The SMILES string of the molecule is N#CC1=C(N)OC2NNC(c3ccccc3)C2C12C(=O)N(Cc1ccccc1)c1ccccc12. The summed E-state index contributed by atoms with van der Waals surface area (Å²) >= 11 is 0. The molecule has 3 aromatic rings. The third kappa shape index (κ3) is 2.73. The molecule has 4 atom stereocenters. The smallest absolute Gasteiger partial charge is 0.244 e. The van der Waals surface area contributed by atoms with Crippen LogP contribution in [0.25, 0.3) is 0 Å². The zero-order valence-corrected chi connectivity index (χ0v) is 18.3. The Morgan fingerprint density at radius 2 is 1.65 bits per heavy atom. The summed E-state index contributed by atoms with van der Waals surface area (Å²) in [5, 5.41) is 10.3. The number of nitrogens with two attached hydrogens (primary N) is 1. The number of hydrogen-bond donors (Lipinski definition) is 3. The highest BCUT2D eigenvalue weighted by Crippen LogP contribution is 2.58. The second kappa shape index (κ2) is 7.73. The van der Waals surface area contributed by atoms with E-state index in [4.69, 9.17) is 10.5 Å². The maximum Gasteiger partial charge on any atom is 0.244 e. The molecule has 0 aromatic heterocycles. The molecular weight excluding hydrogens is 426 g/mol. The normalized spacial score (nSPS) is 27.3. The first-order valence-electron chi connectivity index (χ1n) is 11.2. The topological polar surface area (TPSA) is 103 Å². The molecule has 4 N–H and O–H groups in total. The van der Waals surface area contributed by atoms with Gasteiger partial charge in [-0.2, -0.15) is 5.26 Å². The summed E-state index contributed by atoms with van der Waals surface area (Å²) in [7, 11) is 0. The van der Waals surface area contributed by atoms with E-state index in [9.17, 15) is 10.1 Å². The van der Waals surface area contributed by atoms with Crippen LogP contribution in [0.5, 0.6) is 0 Å². The molecule has 0 saturated carbocycles. The number of hydrazine groups is 1. The van der Waals surface area contributed by atoms with Gasteiger partial charge in [-0.1, -0.05) is 78.9 Å². The van der Waals surface area contributed by atoms with Crippen LogP contribution in [0.4, 0.5) is 5.69 Å². The molecule has 0 radical (unpaired) electrons. The molecular formula is C27H23N5O2. The summed E-state index contributed by atoms with van der Waals surface area (Å²) < 4.78 is 5.96. The number of ether oxygens (including phenoxy) is 1. The molecule has 1 saturated heterocycles. The fourth-order valence-electron chi connectivity index (χ4n) is 5.72. The number of anilines is 1. The zero-order valence-electron chi connectivity index (χ0n) is 18.3. The van der Waals surface area contributed by atoms with Crippen molar-refractivity contribution in [3.63, 3.8) is 0 Å². The van der Waals surface area contributed by atoms with Gasteiger partial charge in [-0.05, 0) is 22.8 Å². The van der Waals surface area contributed by atoms with Crippen LogP contribution in [-0.4, -0.2) is 12.1 Å². The van der Waals surface area contributed by atoms with Crippen molar-refractivity contribution in [2.45, 2.75) is 24.2 Å². The molecule has 1 spiro atoms. The van der Waals surface area contributed by atoms with E-state index in [1.165, 1.54) is 0 Å².